The van der Waals surface area contributed by atoms with E-state index < -0.39 is 29.7 Å². The van der Waals surface area contributed by atoms with Crippen molar-refractivity contribution in [1.29, 1.82) is 0 Å². The largest absolute Gasteiger partial charge is 0.711 e. The summed E-state index contributed by atoms with van der Waals surface area (Å²) in [7, 11) is 4.24. The number of nitrogens with zero attached hydrogens (tertiary/aromatic N) is 4. The number of carbonyl (C=O) groups is 3. The molecule has 1 aromatic carbocycles. The van der Waals surface area contributed by atoms with Gasteiger partial charge in [-0.25, -0.2) is 14.1 Å². The van der Waals surface area contributed by atoms with Crippen molar-refractivity contribution in [1.82, 2.24) is 14.4 Å². The number of carbonyl (C=O) groups excluding carboxylic acids is 3. The number of barbiturate groups is 1. The van der Waals surface area contributed by atoms with Crippen LogP contribution in [-0.2, 0) is 16.6 Å². The molecule has 1 fully saturated rings. The third-order valence-corrected chi connectivity index (χ3v) is 5.90. The van der Waals surface area contributed by atoms with Crippen molar-refractivity contribution >= 4 is 29.4 Å². The molecule has 0 saturated carbocycles. The fraction of sp³-hybridized carbons (Fsp3) is 0.368. The van der Waals surface area contributed by atoms with Crippen LogP contribution in [-0.4, -0.2) is 51.4 Å². The van der Waals surface area contributed by atoms with Crippen LogP contribution in [0.1, 0.15) is 28.7 Å². The van der Waals surface area contributed by atoms with Crippen LogP contribution in [0.25, 0.3) is 0 Å². The number of hydrogen-bond acceptors (Lipinski definition) is 5. The number of aromatic hydroxyl groups is 1. The molecule has 2 aromatic rings. The predicted octanol–water partition coefficient (Wildman–Crippen LogP) is 1.43. The van der Waals surface area contributed by atoms with Gasteiger partial charge in [-0.15, -0.1) is 0 Å². The van der Waals surface area contributed by atoms with Gasteiger partial charge in [-0.05, 0) is 17.7 Å². The summed E-state index contributed by atoms with van der Waals surface area (Å²) in [6.07, 6.45) is 0. The van der Waals surface area contributed by atoms with E-state index in [1.165, 1.54) is 32.3 Å². The zero-order valence-electron chi connectivity index (χ0n) is 16.6. The molecule has 1 N–H and O–H groups in total. The number of urea groups is 1. The lowest BCUT2D eigenvalue weighted by atomic mass is 9.82. The smallest absolute Gasteiger partial charge is 0.332 e. The third-order valence-electron chi connectivity index (χ3n) is 5.59. The number of aromatic nitrogens is 2. The molecule has 1 aromatic heterocycles. The molecule has 0 radical (unpaired) electrons. The first-order valence-corrected chi connectivity index (χ1v) is 9.19. The van der Waals surface area contributed by atoms with Crippen molar-refractivity contribution < 1.29 is 24.2 Å². The van der Waals surface area contributed by atoms with Crippen molar-refractivity contribution in [3.63, 3.8) is 0 Å². The van der Waals surface area contributed by atoms with Gasteiger partial charge in [0.05, 0.1) is 12.1 Å². The summed E-state index contributed by atoms with van der Waals surface area (Å²) in [5.74, 6) is -3.83. The summed E-state index contributed by atoms with van der Waals surface area (Å²) < 4.78 is 2.29. The average molecular weight is 421 g/mol. The number of amides is 4. The second kappa shape index (κ2) is 7.07. The molecule has 0 bridgehead atoms. The van der Waals surface area contributed by atoms with Gasteiger partial charge < -0.3 is 10.3 Å². The second-order valence-electron chi connectivity index (χ2n) is 7.13. The monoisotopic (exact) mass is 420 g/mol. The Balaban J connectivity index is 2.31. The second-order valence-corrected chi connectivity index (χ2v) is 7.53. The lowest BCUT2D eigenvalue weighted by Crippen LogP contribution is -2.59. The Bertz CT molecular complexity index is 998. The molecule has 9 nitrogen and oxygen atoms in total. The van der Waals surface area contributed by atoms with Crippen LogP contribution in [0.2, 0.25) is 5.02 Å². The number of halogens is 1. The summed E-state index contributed by atoms with van der Waals surface area (Å²) >= 11 is 6.07. The molecule has 3 rings (SSSR count). The number of imide groups is 2. The molecule has 2 heterocycles. The van der Waals surface area contributed by atoms with Gasteiger partial charge in [0.1, 0.15) is 29.0 Å². The maximum absolute atomic E-state index is 13.0. The lowest BCUT2D eigenvalue weighted by Gasteiger charge is -2.35. The summed E-state index contributed by atoms with van der Waals surface area (Å²) in [4.78, 5) is 39.9. The molecule has 10 heteroatoms. The van der Waals surface area contributed by atoms with E-state index in [0.29, 0.717) is 21.7 Å². The molecule has 29 heavy (non-hydrogen) atoms. The fourth-order valence-electron chi connectivity index (χ4n) is 3.63. The highest BCUT2D eigenvalue weighted by atomic mass is 35.5. The van der Waals surface area contributed by atoms with Gasteiger partial charge in [0.15, 0.2) is 0 Å². The molecular formula is C19H21ClN4O5. The maximum Gasteiger partial charge on any atom is 0.332 e. The molecule has 1 saturated heterocycles. The van der Waals surface area contributed by atoms with Crippen LogP contribution in [0.4, 0.5) is 4.79 Å². The molecule has 1 aliphatic heterocycles. The van der Waals surface area contributed by atoms with Crippen LogP contribution in [0, 0.1) is 25.0 Å². The van der Waals surface area contributed by atoms with E-state index in [2.05, 4.69) is 0 Å². The van der Waals surface area contributed by atoms with Crippen molar-refractivity contribution in [3.8, 4) is 5.75 Å². The van der Waals surface area contributed by atoms with Crippen LogP contribution >= 0.6 is 11.6 Å². The molecule has 0 unspecified atom stereocenters. The molecule has 1 atom stereocenters. The zero-order chi connectivity index (χ0) is 21.8. The van der Waals surface area contributed by atoms with E-state index in [0.717, 1.165) is 9.80 Å². The Kier molecular flexibility index (Phi) is 5.04. The van der Waals surface area contributed by atoms with Crippen LogP contribution in [0.3, 0.4) is 0 Å². The third kappa shape index (κ3) is 3.02. The van der Waals surface area contributed by atoms with Gasteiger partial charge >= 0.3 is 6.03 Å². The maximum atomic E-state index is 13.0. The normalized spacial score (nSPS) is 16.7. The molecule has 4 amide bonds. The molecule has 0 spiro atoms. The SMILES string of the molecule is Cc1c(C)[n+]([O-])c([C@H](c2ccc(O)c(Cl)c2)C2C(=O)N(C)C(=O)N(C)C2=O)n1C. The summed E-state index contributed by atoms with van der Waals surface area (Å²) in [5.41, 5.74) is 1.48. The first-order chi connectivity index (χ1) is 13.5. The van der Waals surface area contributed by atoms with Gasteiger partial charge in [0.25, 0.3) is 5.82 Å². The lowest BCUT2D eigenvalue weighted by molar-refractivity contribution is -0.621. The van der Waals surface area contributed by atoms with E-state index in [1.807, 2.05) is 0 Å². The Hall–Kier alpha value is -3.07. The number of benzene rings is 1. The number of imidazole rings is 1. The van der Waals surface area contributed by atoms with E-state index in [4.69, 9.17) is 11.6 Å². The molecular weight excluding hydrogens is 400 g/mol. The van der Waals surface area contributed by atoms with Gasteiger partial charge in [-0.1, -0.05) is 17.7 Å². The molecule has 0 aliphatic carbocycles. The van der Waals surface area contributed by atoms with Crippen molar-refractivity contribution in [2.75, 3.05) is 14.1 Å². The van der Waals surface area contributed by atoms with Crippen LogP contribution < -0.4 is 4.73 Å². The Labute approximate surface area is 172 Å². The first kappa shape index (κ1) is 20.7. The zero-order valence-corrected chi connectivity index (χ0v) is 17.4. The van der Waals surface area contributed by atoms with Crippen LogP contribution in [0.5, 0.6) is 5.75 Å². The van der Waals surface area contributed by atoms with Crippen molar-refractivity contribution in [2.45, 2.75) is 19.8 Å². The highest BCUT2D eigenvalue weighted by Gasteiger charge is 2.51. The van der Waals surface area contributed by atoms with Crippen molar-refractivity contribution in [3.05, 3.63) is 51.2 Å². The van der Waals surface area contributed by atoms with Crippen molar-refractivity contribution in [2.24, 2.45) is 13.0 Å². The van der Waals surface area contributed by atoms with Gasteiger partial charge in [-0.2, -0.15) is 0 Å². The number of hydrogen-bond donors (Lipinski definition) is 1. The number of rotatable bonds is 3. The Morgan fingerprint density at radius 3 is 2.10 bits per heavy atom. The van der Waals surface area contributed by atoms with E-state index >= 15 is 0 Å². The van der Waals surface area contributed by atoms with E-state index in [9.17, 15) is 24.7 Å². The predicted molar refractivity (Wildman–Crippen MR) is 103 cm³/mol. The Morgan fingerprint density at radius 2 is 1.66 bits per heavy atom. The standard InChI is InChI=1S/C19H21ClN4O5/c1-9-10(2)24(29)16(21(9)3)14(11-6-7-13(25)12(20)8-11)15-17(26)22(4)19(28)23(5)18(15)27/h6-8,14-15,25H,1-5H3/t14-/m1/s1. The summed E-state index contributed by atoms with van der Waals surface area (Å²) in [5, 5.41) is 22.8. The van der Waals surface area contributed by atoms with Gasteiger partial charge in [0, 0.05) is 27.9 Å². The average Bonchev–Trinajstić information content (AvgIpc) is 2.87. The minimum Gasteiger partial charge on any atom is -0.711 e. The number of phenols is 1. The fourth-order valence-corrected chi connectivity index (χ4v) is 3.82. The highest BCUT2D eigenvalue weighted by Crippen LogP contribution is 2.38. The van der Waals surface area contributed by atoms with Gasteiger partial charge in [0.2, 0.25) is 11.8 Å². The topological polar surface area (TPSA) is 110 Å². The minimum atomic E-state index is -1.35. The Morgan fingerprint density at radius 1 is 1.10 bits per heavy atom. The van der Waals surface area contributed by atoms with Gasteiger partial charge in [-0.3, -0.25) is 19.4 Å². The molecule has 154 valence electrons. The minimum absolute atomic E-state index is 0.0149. The summed E-state index contributed by atoms with van der Waals surface area (Å²) in [6.45, 7) is 3.39. The quantitative estimate of drug-likeness (QED) is 0.459. The first-order valence-electron chi connectivity index (χ1n) is 8.81. The highest BCUT2D eigenvalue weighted by molar-refractivity contribution is 6.32. The van der Waals surface area contributed by atoms with E-state index in [1.54, 1.807) is 25.5 Å². The summed E-state index contributed by atoms with van der Waals surface area (Å²) in [6, 6.07) is 3.50. The van der Waals surface area contributed by atoms with Crippen LogP contribution in [0.15, 0.2) is 18.2 Å². The number of phenolic OH excluding ortho intramolecular Hbond substituents is 1. The van der Waals surface area contributed by atoms with E-state index in [-0.39, 0.29) is 16.6 Å². The molecule has 1 aliphatic rings.